The van der Waals surface area contributed by atoms with Gasteiger partial charge in [0.05, 0.1) is 5.69 Å². The highest BCUT2D eigenvalue weighted by molar-refractivity contribution is 5.22. The number of nitrogens with zero attached hydrogens (tertiary/aromatic N) is 1. The van der Waals surface area contributed by atoms with Crippen LogP contribution in [0.5, 0.6) is 0 Å². The Labute approximate surface area is 78.1 Å². The monoisotopic (exact) mass is 181 g/mol. The Balaban J connectivity index is 2.88. The second-order valence-electron chi connectivity index (χ2n) is 3.01. The third kappa shape index (κ3) is 1.98. The number of aromatic nitrogens is 1. The molecule has 1 rings (SSSR count). The lowest BCUT2D eigenvalue weighted by molar-refractivity contribution is 0.141. The predicted octanol–water partition coefficient (Wildman–Crippen LogP) is 2.15. The van der Waals surface area contributed by atoms with Gasteiger partial charge in [-0.2, -0.15) is 0 Å². The molecule has 0 aromatic carbocycles. The predicted molar refractivity (Wildman–Crippen MR) is 50.4 cm³/mol. The smallest absolute Gasteiger partial charge is 0.168 e. The van der Waals surface area contributed by atoms with Crippen LogP contribution in [0.3, 0.4) is 0 Å². The van der Waals surface area contributed by atoms with Gasteiger partial charge in [0.2, 0.25) is 0 Å². The van der Waals surface area contributed by atoms with E-state index in [0.717, 1.165) is 17.7 Å². The van der Waals surface area contributed by atoms with Crippen molar-refractivity contribution in [2.75, 3.05) is 0 Å². The van der Waals surface area contributed by atoms with Crippen LogP contribution < -0.4 is 0 Å². The maximum absolute atomic E-state index is 9.61. The Morgan fingerprint density at radius 1 is 1.69 bits per heavy atom. The van der Waals surface area contributed by atoms with Crippen LogP contribution in [0.1, 0.15) is 36.5 Å². The zero-order chi connectivity index (χ0) is 9.84. The van der Waals surface area contributed by atoms with Crippen molar-refractivity contribution in [3.05, 3.63) is 29.7 Å². The normalized spacial score (nSPS) is 12.8. The summed E-state index contributed by atoms with van der Waals surface area (Å²) >= 11 is 0. The van der Waals surface area contributed by atoms with Crippen molar-refractivity contribution in [1.82, 2.24) is 5.16 Å². The third-order valence-electron chi connectivity index (χ3n) is 2.08. The molecule has 1 heterocycles. The number of aliphatic hydroxyl groups excluding tert-OH is 1. The van der Waals surface area contributed by atoms with E-state index in [1.54, 1.807) is 6.08 Å². The van der Waals surface area contributed by atoms with Crippen LogP contribution in [0.2, 0.25) is 0 Å². The van der Waals surface area contributed by atoms with Crippen LogP contribution in [-0.2, 0) is 6.42 Å². The highest BCUT2D eigenvalue weighted by Crippen LogP contribution is 2.23. The number of hydrogen-bond acceptors (Lipinski definition) is 3. The van der Waals surface area contributed by atoms with Crippen molar-refractivity contribution in [1.29, 1.82) is 0 Å². The molecule has 1 N–H and O–H groups in total. The molecule has 0 radical (unpaired) electrons. The summed E-state index contributed by atoms with van der Waals surface area (Å²) in [5, 5.41) is 13.5. The zero-order valence-electron chi connectivity index (χ0n) is 8.08. The lowest BCUT2D eigenvalue weighted by Crippen LogP contribution is -1.96. The summed E-state index contributed by atoms with van der Waals surface area (Å²) in [7, 11) is 0. The first-order valence-electron chi connectivity index (χ1n) is 4.44. The third-order valence-corrected chi connectivity index (χ3v) is 2.08. The molecule has 1 aromatic heterocycles. The molecule has 13 heavy (non-hydrogen) atoms. The largest absolute Gasteiger partial charge is 0.385 e. The van der Waals surface area contributed by atoms with E-state index < -0.39 is 6.10 Å². The van der Waals surface area contributed by atoms with E-state index >= 15 is 0 Å². The second kappa shape index (κ2) is 4.23. The number of hydrogen-bond donors (Lipinski definition) is 1. The van der Waals surface area contributed by atoms with E-state index in [0.29, 0.717) is 12.2 Å². The van der Waals surface area contributed by atoms with Gasteiger partial charge in [0.15, 0.2) is 5.76 Å². The van der Waals surface area contributed by atoms with Crippen LogP contribution >= 0.6 is 0 Å². The fraction of sp³-hybridized carbons (Fsp3) is 0.500. The summed E-state index contributed by atoms with van der Waals surface area (Å²) in [6.07, 6.45) is 2.39. The molecule has 0 fully saturated rings. The molecule has 1 atom stereocenters. The van der Waals surface area contributed by atoms with Crippen LogP contribution in [0, 0.1) is 6.92 Å². The fourth-order valence-electron chi connectivity index (χ4n) is 1.29. The fourth-order valence-corrected chi connectivity index (χ4v) is 1.29. The van der Waals surface area contributed by atoms with Crippen molar-refractivity contribution >= 4 is 0 Å². The van der Waals surface area contributed by atoms with Gasteiger partial charge < -0.3 is 9.63 Å². The molecule has 0 bridgehead atoms. The molecule has 0 aliphatic rings. The topological polar surface area (TPSA) is 46.3 Å². The molecular formula is C10H15NO2. The van der Waals surface area contributed by atoms with Gasteiger partial charge in [-0.05, 0) is 19.8 Å². The number of aryl methyl sites for hydroxylation is 1. The molecule has 0 aliphatic carbocycles. The van der Waals surface area contributed by atoms with Gasteiger partial charge in [-0.25, -0.2) is 0 Å². The van der Waals surface area contributed by atoms with E-state index in [4.69, 9.17) is 4.52 Å². The first-order valence-corrected chi connectivity index (χ1v) is 4.44. The molecule has 0 aliphatic heterocycles. The summed E-state index contributed by atoms with van der Waals surface area (Å²) in [6.45, 7) is 7.48. The number of aliphatic hydroxyl groups is 1. The summed E-state index contributed by atoms with van der Waals surface area (Å²) in [4.78, 5) is 0. The molecule has 0 saturated heterocycles. The quantitative estimate of drug-likeness (QED) is 0.724. The standard InChI is InChI=1S/C10H15NO2/c1-4-6-9(12)10-7(3)8(5-2)11-13-10/h4,9,12H,1,5-6H2,2-3H3. The Bertz CT molecular complexity index is 291. The molecule has 72 valence electrons. The van der Waals surface area contributed by atoms with Crippen molar-refractivity contribution in [2.45, 2.75) is 32.8 Å². The van der Waals surface area contributed by atoms with Gasteiger partial charge in [-0.3, -0.25) is 0 Å². The molecule has 0 amide bonds. The first kappa shape index (κ1) is 9.99. The summed E-state index contributed by atoms with van der Waals surface area (Å²) < 4.78 is 5.05. The Kier molecular flexibility index (Phi) is 3.25. The van der Waals surface area contributed by atoms with E-state index in [9.17, 15) is 5.11 Å². The lowest BCUT2D eigenvalue weighted by atomic mass is 10.1. The average Bonchev–Trinajstić information content (AvgIpc) is 2.47. The van der Waals surface area contributed by atoms with Crippen LogP contribution in [0.4, 0.5) is 0 Å². The average molecular weight is 181 g/mol. The zero-order valence-corrected chi connectivity index (χ0v) is 8.08. The highest BCUT2D eigenvalue weighted by Gasteiger charge is 2.16. The minimum Gasteiger partial charge on any atom is -0.385 e. The van der Waals surface area contributed by atoms with Gasteiger partial charge >= 0.3 is 0 Å². The molecule has 1 unspecified atom stereocenters. The number of rotatable bonds is 4. The van der Waals surface area contributed by atoms with E-state index in [1.165, 1.54) is 0 Å². The molecule has 0 saturated carbocycles. The van der Waals surface area contributed by atoms with Gasteiger partial charge in [0, 0.05) is 5.56 Å². The van der Waals surface area contributed by atoms with Crippen LogP contribution in [-0.4, -0.2) is 10.3 Å². The maximum atomic E-state index is 9.61. The van der Waals surface area contributed by atoms with Gasteiger partial charge in [-0.1, -0.05) is 18.2 Å². The molecule has 3 heteroatoms. The second-order valence-corrected chi connectivity index (χ2v) is 3.01. The highest BCUT2D eigenvalue weighted by atomic mass is 16.5. The van der Waals surface area contributed by atoms with E-state index in [-0.39, 0.29) is 0 Å². The Hall–Kier alpha value is -1.09. The SMILES string of the molecule is C=CCC(O)c1onc(CC)c1C. The van der Waals surface area contributed by atoms with Crippen molar-refractivity contribution in [2.24, 2.45) is 0 Å². The minimum absolute atomic E-state index is 0.499. The summed E-state index contributed by atoms with van der Waals surface area (Å²) in [5.41, 5.74) is 1.87. The summed E-state index contributed by atoms with van der Waals surface area (Å²) in [5.74, 6) is 0.566. The Morgan fingerprint density at radius 3 is 2.85 bits per heavy atom. The van der Waals surface area contributed by atoms with Gasteiger partial charge in [-0.15, -0.1) is 6.58 Å². The molecule has 0 spiro atoms. The molecule has 1 aromatic rings. The van der Waals surface area contributed by atoms with E-state index in [2.05, 4.69) is 11.7 Å². The van der Waals surface area contributed by atoms with Crippen molar-refractivity contribution in [3.8, 4) is 0 Å². The minimum atomic E-state index is -0.606. The maximum Gasteiger partial charge on any atom is 0.168 e. The van der Waals surface area contributed by atoms with Crippen LogP contribution in [0.15, 0.2) is 17.2 Å². The van der Waals surface area contributed by atoms with Crippen molar-refractivity contribution in [3.63, 3.8) is 0 Å². The molecular weight excluding hydrogens is 166 g/mol. The Morgan fingerprint density at radius 2 is 2.38 bits per heavy atom. The lowest BCUT2D eigenvalue weighted by Gasteiger charge is -2.03. The summed E-state index contributed by atoms with van der Waals surface area (Å²) in [6, 6.07) is 0. The molecule has 3 nitrogen and oxygen atoms in total. The van der Waals surface area contributed by atoms with Crippen molar-refractivity contribution < 1.29 is 9.63 Å². The van der Waals surface area contributed by atoms with E-state index in [1.807, 2.05) is 13.8 Å². The first-order chi connectivity index (χ1) is 6.20. The van der Waals surface area contributed by atoms with Crippen LogP contribution in [0.25, 0.3) is 0 Å². The van der Waals surface area contributed by atoms with Gasteiger partial charge in [0.25, 0.3) is 0 Å². The van der Waals surface area contributed by atoms with Gasteiger partial charge in [0.1, 0.15) is 6.10 Å².